The van der Waals surface area contributed by atoms with Crippen molar-refractivity contribution in [2.45, 2.75) is 19.8 Å². The van der Waals surface area contributed by atoms with Crippen molar-refractivity contribution in [1.29, 1.82) is 0 Å². The Bertz CT molecular complexity index is 305. The van der Waals surface area contributed by atoms with Crippen molar-refractivity contribution in [2.75, 3.05) is 0 Å². The van der Waals surface area contributed by atoms with Gasteiger partial charge < -0.3 is 4.52 Å². The summed E-state index contributed by atoms with van der Waals surface area (Å²) in [7, 11) is 2.25. The Morgan fingerprint density at radius 3 is 2.62 bits per heavy atom. The van der Waals surface area contributed by atoms with Gasteiger partial charge in [-0.1, -0.05) is 32.6 Å². The maximum atomic E-state index is 5.12. The molecule has 0 aromatic heterocycles. The third-order valence-electron chi connectivity index (χ3n) is 2.05. The third kappa shape index (κ3) is 2.32. The molecule has 0 radical (unpaired) electrons. The van der Waals surface area contributed by atoms with Crippen LogP contribution in [0.5, 0.6) is 5.75 Å². The zero-order valence-electron chi connectivity index (χ0n) is 8.08. The number of rotatable bonds is 3. The quantitative estimate of drug-likeness (QED) is 0.668. The van der Waals surface area contributed by atoms with Crippen LogP contribution in [0.25, 0.3) is 6.08 Å². The zero-order valence-corrected chi connectivity index (χ0v) is 9.23. The van der Waals surface area contributed by atoms with E-state index >= 15 is 0 Å². The van der Waals surface area contributed by atoms with E-state index in [0.717, 1.165) is 11.3 Å². The van der Waals surface area contributed by atoms with Crippen molar-refractivity contribution in [1.82, 2.24) is 0 Å². The van der Waals surface area contributed by atoms with Gasteiger partial charge in [-0.3, -0.25) is 0 Å². The van der Waals surface area contributed by atoms with Crippen LogP contribution in [-0.4, -0.2) is 0 Å². The van der Waals surface area contributed by atoms with E-state index in [9.17, 15) is 0 Å². The Labute approximate surface area is 82.1 Å². The average molecular weight is 194 g/mol. The maximum absolute atomic E-state index is 5.12. The summed E-state index contributed by atoms with van der Waals surface area (Å²) in [5, 5.41) is 0. The van der Waals surface area contributed by atoms with E-state index in [0.29, 0.717) is 5.92 Å². The van der Waals surface area contributed by atoms with Crippen LogP contribution in [0.15, 0.2) is 24.8 Å². The summed E-state index contributed by atoms with van der Waals surface area (Å²) in [6.07, 6.45) is 1.81. The lowest BCUT2D eigenvalue weighted by molar-refractivity contribution is 0.643. The van der Waals surface area contributed by atoms with Crippen molar-refractivity contribution in [2.24, 2.45) is 0 Å². The minimum Gasteiger partial charge on any atom is -0.480 e. The van der Waals surface area contributed by atoms with Crippen molar-refractivity contribution >= 4 is 15.5 Å². The lowest BCUT2D eigenvalue weighted by Crippen LogP contribution is -1.89. The monoisotopic (exact) mass is 194 g/mol. The van der Waals surface area contributed by atoms with E-state index in [-0.39, 0.29) is 0 Å². The van der Waals surface area contributed by atoms with Gasteiger partial charge in [-0.2, -0.15) is 0 Å². The van der Waals surface area contributed by atoms with Gasteiger partial charge in [0.05, 0.1) is 9.47 Å². The summed E-state index contributed by atoms with van der Waals surface area (Å²) >= 11 is 0. The highest BCUT2D eigenvalue weighted by atomic mass is 31.0. The van der Waals surface area contributed by atoms with Crippen LogP contribution in [0.3, 0.4) is 0 Å². The Morgan fingerprint density at radius 1 is 1.46 bits per heavy atom. The second-order valence-electron chi connectivity index (χ2n) is 3.27. The van der Waals surface area contributed by atoms with Gasteiger partial charge >= 0.3 is 0 Å². The molecule has 1 aromatic carbocycles. The van der Waals surface area contributed by atoms with Crippen LogP contribution in [-0.2, 0) is 0 Å². The number of benzene rings is 1. The van der Waals surface area contributed by atoms with E-state index in [2.05, 4.69) is 42.0 Å². The lowest BCUT2D eigenvalue weighted by Gasteiger charge is -2.09. The average Bonchev–Trinajstić information content (AvgIpc) is 2.16. The first-order chi connectivity index (χ1) is 6.19. The zero-order chi connectivity index (χ0) is 9.84. The summed E-state index contributed by atoms with van der Waals surface area (Å²) < 4.78 is 5.12. The molecule has 0 amide bonds. The van der Waals surface area contributed by atoms with Crippen LogP contribution in [0.1, 0.15) is 30.9 Å². The molecule has 0 bridgehead atoms. The van der Waals surface area contributed by atoms with Crippen LogP contribution >= 0.6 is 9.47 Å². The van der Waals surface area contributed by atoms with Gasteiger partial charge in [-0.25, -0.2) is 0 Å². The molecule has 0 heterocycles. The van der Waals surface area contributed by atoms with E-state index < -0.39 is 0 Å². The molecule has 70 valence electrons. The summed E-state index contributed by atoms with van der Waals surface area (Å²) in [6.45, 7) is 8.09. The van der Waals surface area contributed by atoms with Crippen LogP contribution in [0.4, 0.5) is 0 Å². The fraction of sp³-hybridized carbons (Fsp3) is 0.273. The molecule has 0 saturated heterocycles. The minimum atomic E-state index is 0.539. The summed E-state index contributed by atoms with van der Waals surface area (Å²) in [4.78, 5) is 0. The molecule has 0 N–H and O–H groups in total. The van der Waals surface area contributed by atoms with Gasteiger partial charge in [0.2, 0.25) is 0 Å². The Kier molecular flexibility index (Phi) is 3.50. The van der Waals surface area contributed by atoms with Crippen LogP contribution < -0.4 is 4.52 Å². The standard InChI is InChI=1S/C11H15OP/c1-4-9-7-10(8(2)3)5-6-11(9)12-13/h4-8H,1,13H2,2-3H3. The van der Waals surface area contributed by atoms with Crippen molar-refractivity contribution in [3.8, 4) is 5.75 Å². The first kappa shape index (κ1) is 10.3. The summed E-state index contributed by atoms with van der Waals surface area (Å²) in [5.74, 6) is 1.39. The predicted molar refractivity (Wildman–Crippen MR) is 61.0 cm³/mol. The Morgan fingerprint density at radius 2 is 2.15 bits per heavy atom. The Hall–Kier alpha value is -0.810. The first-order valence-corrected chi connectivity index (χ1v) is 4.79. The highest BCUT2D eigenvalue weighted by Gasteiger charge is 2.03. The molecule has 1 rings (SSSR count). The van der Waals surface area contributed by atoms with Crippen LogP contribution in [0, 0.1) is 0 Å². The largest absolute Gasteiger partial charge is 0.480 e. The van der Waals surface area contributed by atoms with Crippen LogP contribution in [0.2, 0.25) is 0 Å². The summed E-state index contributed by atoms with van der Waals surface area (Å²) in [6, 6.07) is 6.16. The molecular formula is C11H15OP. The normalized spacial score (nSPS) is 10.2. The maximum Gasteiger partial charge on any atom is 0.129 e. The Balaban J connectivity index is 3.13. The molecule has 0 fully saturated rings. The molecule has 0 aliphatic heterocycles. The van der Waals surface area contributed by atoms with Crippen molar-refractivity contribution < 1.29 is 4.52 Å². The highest BCUT2D eigenvalue weighted by molar-refractivity contribution is 7.10. The highest BCUT2D eigenvalue weighted by Crippen LogP contribution is 2.26. The smallest absolute Gasteiger partial charge is 0.129 e. The fourth-order valence-electron chi connectivity index (χ4n) is 1.19. The first-order valence-electron chi connectivity index (χ1n) is 4.32. The van der Waals surface area contributed by atoms with E-state index in [1.807, 2.05) is 12.1 Å². The molecular weight excluding hydrogens is 179 g/mol. The predicted octanol–water partition coefficient (Wildman–Crippen LogP) is 3.62. The summed E-state index contributed by atoms with van der Waals surface area (Å²) in [5.41, 5.74) is 2.35. The molecule has 1 nitrogen and oxygen atoms in total. The molecule has 1 atom stereocenters. The van der Waals surface area contributed by atoms with Gasteiger partial charge in [0.25, 0.3) is 0 Å². The SMILES string of the molecule is C=Cc1cc(C(C)C)ccc1OP. The minimum absolute atomic E-state index is 0.539. The van der Waals surface area contributed by atoms with Gasteiger partial charge in [-0.15, -0.1) is 0 Å². The van der Waals surface area contributed by atoms with Crippen molar-refractivity contribution in [3.63, 3.8) is 0 Å². The topological polar surface area (TPSA) is 9.23 Å². The van der Waals surface area contributed by atoms with Gasteiger partial charge in [0.15, 0.2) is 0 Å². The second-order valence-corrected chi connectivity index (χ2v) is 3.51. The third-order valence-corrected chi connectivity index (χ3v) is 2.30. The van der Waals surface area contributed by atoms with E-state index in [1.165, 1.54) is 5.56 Å². The van der Waals surface area contributed by atoms with E-state index in [1.54, 1.807) is 0 Å². The molecule has 0 aliphatic carbocycles. The number of hydrogen-bond acceptors (Lipinski definition) is 1. The fourth-order valence-corrected chi connectivity index (χ4v) is 1.41. The molecule has 0 spiro atoms. The molecule has 1 unspecified atom stereocenters. The number of hydrogen-bond donors (Lipinski definition) is 0. The van der Waals surface area contributed by atoms with E-state index in [4.69, 9.17) is 4.52 Å². The van der Waals surface area contributed by atoms with Gasteiger partial charge in [0, 0.05) is 5.56 Å². The molecule has 2 heteroatoms. The molecule has 0 saturated carbocycles. The van der Waals surface area contributed by atoms with Gasteiger partial charge in [0.1, 0.15) is 5.75 Å². The molecule has 0 aliphatic rings. The van der Waals surface area contributed by atoms with Gasteiger partial charge in [-0.05, 0) is 23.6 Å². The second kappa shape index (κ2) is 4.43. The van der Waals surface area contributed by atoms with Crippen molar-refractivity contribution in [3.05, 3.63) is 35.9 Å². The lowest BCUT2D eigenvalue weighted by atomic mass is 10.0. The molecule has 1 aromatic rings. The molecule has 13 heavy (non-hydrogen) atoms.